The number of hydrogen-bond acceptors (Lipinski definition) is 1. The van der Waals surface area contributed by atoms with Crippen molar-refractivity contribution in [3.05, 3.63) is 127 Å². The highest BCUT2D eigenvalue weighted by atomic mass is 15.0. The molecule has 1 aliphatic rings. The quantitative estimate of drug-likeness (QED) is 0.227. The van der Waals surface area contributed by atoms with Gasteiger partial charge in [0.05, 0.1) is 33.4 Å². The molecular formula is C36H23N3. The van der Waals surface area contributed by atoms with Gasteiger partial charge >= 0.3 is 0 Å². The van der Waals surface area contributed by atoms with E-state index in [1.54, 1.807) is 0 Å². The van der Waals surface area contributed by atoms with E-state index in [1.165, 1.54) is 65.6 Å². The van der Waals surface area contributed by atoms with Gasteiger partial charge in [0.1, 0.15) is 0 Å². The molecule has 0 saturated heterocycles. The third-order valence-electron chi connectivity index (χ3n) is 8.33. The molecule has 39 heavy (non-hydrogen) atoms. The number of nitrogens with zero attached hydrogens (tertiary/aromatic N) is 3. The third kappa shape index (κ3) is 2.79. The van der Waals surface area contributed by atoms with Crippen LogP contribution >= 0.6 is 0 Å². The molecule has 2 aromatic heterocycles. The molecule has 0 aliphatic carbocycles. The average Bonchev–Trinajstić information content (AvgIpc) is 3.69. The lowest BCUT2D eigenvalue weighted by Crippen LogP contribution is -1.96. The van der Waals surface area contributed by atoms with E-state index in [1.807, 2.05) is 6.21 Å². The molecule has 3 heteroatoms. The molecule has 182 valence electrons. The first kappa shape index (κ1) is 20.9. The summed E-state index contributed by atoms with van der Waals surface area (Å²) in [5.74, 6) is 0. The molecule has 0 bridgehead atoms. The number of para-hydroxylation sites is 4. The van der Waals surface area contributed by atoms with Gasteiger partial charge in [0.15, 0.2) is 0 Å². The summed E-state index contributed by atoms with van der Waals surface area (Å²) < 4.78 is 4.84. The van der Waals surface area contributed by atoms with Crippen molar-refractivity contribution in [3.63, 3.8) is 0 Å². The molecule has 0 amide bonds. The SMILES string of the molecule is C1=Nc2c(cccc2-n2c3ccccc3c3ccc4cc5c6ccccc6n(-c6ccccc6)c5cc4c32)C1. The number of aliphatic imine (C=N–C) groups is 1. The highest BCUT2D eigenvalue weighted by molar-refractivity contribution is 6.22. The summed E-state index contributed by atoms with van der Waals surface area (Å²) in [6.07, 6.45) is 2.92. The Morgan fingerprint density at radius 3 is 2.10 bits per heavy atom. The molecule has 0 fully saturated rings. The highest BCUT2D eigenvalue weighted by Crippen LogP contribution is 2.43. The van der Waals surface area contributed by atoms with E-state index in [0.717, 1.165) is 17.8 Å². The predicted molar refractivity (Wildman–Crippen MR) is 164 cm³/mol. The van der Waals surface area contributed by atoms with E-state index in [0.29, 0.717) is 0 Å². The van der Waals surface area contributed by atoms with Gasteiger partial charge in [0.25, 0.3) is 0 Å². The van der Waals surface area contributed by atoms with Crippen molar-refractivity contribution < 1.29 is 0 Å². The Labute approximate surface area is 224 Å². The van der Waals surface area contributed by atoms with Crippen molar-refractivity contribution in [3.8, 4) is 11.4 Å². The van der Waals surface area contributed by atoms with Crippen LogP contribution in [0.1, 0.15) is 5.56 Å². The molecule has 3 heterocycles. The van der Waals surface area contributed by atoms with Gasteiger partial charge in [-0.25, -0.2) is 0 Å². The first-order chi connectivity index (χ1) is 19.4. The van der Waals surface area contributed by atoms with Crippen LogP contribution in [0.15, 0.2) is 126 Å². The molecule has 0 atom stereocenters. The molecule has 3 nitrogen and oxygen atoms in total. The Balaban J connectivity index is 1.50. The van der Waals surface area contributed by atoms with E-state index in [-0.39, 0.29) is 0 Å². The van der Waals surface area contributed by atoms with Crippen LogP contribution in [0, 0.1) is 0 Å². The van der Waals surface area contributed by atoms with Crippen molar-refractivity contribution in [2.75, 3.05) is 0 Å². The number of benzene rings is 6. The molecule has 0 unspecified atom stereocenters. The Morgan fingerprint density at radius 2 is 1.26 bits per heavy atom. The monoisotopic (exact) mass is 497 g/mol. The maximum Gasteiger partial charge on any atom is 0.0901 e. The minimum atomic E-state index is 0.888. The normalized spacial score (nSPS) is 12.9. The Morgan fingerprint density at radius 1 is 0.513 bits per heavy atom. The van der Waals surface area contributed by atoms with Crippen molar-refractivity contribution in [1.82, 2.24) is 9.13 Å². The van der Waals surface area contributed by atoms with E-state index in [9.17, 15) is 0 Å². The van der Waals surface area contributed by atoms with Crippen LogP contribution in [0.25, 0.3) is 65.8 Å². The summed E-state index contributed by atoms with van der Waals surface area (Å²) in [6, 6.07) is 44.1. The lowest BCUT2D eigenvalue weighted by Gasteiger charge is -2.13. The van der Waals surface area contributed by atoms with Crippen LogP contribution < -0.4 is 0 Å². The second kappa shape index (κ2) is 7.68. The number of aromatic nitrogens is 2. The van der Waals surface area contributed by atoms with Crippen LogP contribution in [0.4, 0.5) is 5.69 Å². The number of rotatable bonds is 2. The van der Waals surface area contributed by atoms with Gasteiger partial charge < -0.3 is 9.13 Å². The molecule has 0 radical (unpaired) electrons. The van der Waals surface area contributed by atoms with Gasteiger partial charge in [0, 0.05) is 45.3 Å². The summed E-state index contributed by atoms with van der Waals surface area (Å²) in [5.41, 5.74) is 9.56. The molecule has 0 N–H and O–H groups in total. The van der Waals surface area contributed by atoms with Gasteiger partial charge in [0.2, 0.25) is 0 Å². The average molecular weight is 498 g/mol. The maximum atomic E-state index is 4.83. The highest BCUT2D eigenvalue weighted by Gasteiger charge is 2.21. The van der Waals surface area contributed by atoms with E-state index in [2.05, 4.69) is 130 Å². The zero-order valence-corrected chi connectivity index (χ0v) is 21.2. The summed E-state index contributed by atoms with van der Waals surface area (Å²) in [5, 5.41) is 7.56. The van der Waals surface area contributed by atoms with Gasteiger partial charge in [-0.15, -0.1) is 0 Å². The lowest BCUT2D eigenvalue weighted by molar-refractivity contribution is 1.17. The van der Waals surface area contributed by atoms with Crippen LogP contribution in [-0.4, -0.2) is 15.3 Å². The van der Waals surface area contributed by atoms with Crippen LogP contribution in [0.2, 0.25) is 0 Å². The fourth-order valence-electron chi connectivity index (χ4n) is 6.66. The van der Waals surface area contributed by atoms with Gasteiger partial charge in [-0.05, 0) is 53.4 Å². The molecular weight excluding hydrogens is 474 g/mol. The smallest absolute Gasteiger partial charge is 0.0901 e. The zero-order chi connectivity index (χ0) is 25.5. The molecule has 0 spiro atoms. The van der Waals surface area contributed by atoms with Crippen LogP contribution in [0.5, 0.6) is 0 Å². The van der Waals surface area contributed by atoms with Crippen molar-refractivity contribution in [2.24, 2.45) is 4.99 Å². The number of hydrogen-bond donors (Lipinski definition) is 0. The first-order valence-electron chi connectivity index (χ1n) is 13.5. The minimum Gasteiger partial charge on any atom is -0.309 e. The van der Waals surface area contributed by atoms with Crippen molar-refractivity contribution >= 4 is 66.3 Å². The topological polar surface area (TPSA) is 22.2 Å². The standard InChI is InChI=1S/C36H23N3/c1-2-10-25(11-3-1)38-31-14-6-5-13-27(31)30-21-24-17-18-28-26-12-4-7-15-32(26)39(36(28)29(24)22-34(30)38)33-16-8-9-23-19-20-37-35(23)33/h1-18,20-22H,19H2. The number of fused-ring (bicyclic) bond motifs is 9. The predicted octanol–water partition coefficient (Wildman–Crippen LogP) is 9.29. The second-order valence-corrected chi connectivity index (χ2v) is 10.4. The van der Waals surface area contributed by atoms with Gasteiger partial charge in [-0.2, -0.15) is 0 Å². The Hall–Kier alpha value is -5.15. The van der Waals surface area contributed by atoms with Crippen molar-refractivity contribution in [2.45, 2.75) is 6.42 Å². The molecule has 1 aliphatic heterocycles. The van der Waals surface area contributed by atoms with E-state index >= 15 is 0 Å². The van der Waals surface area contributed by atoms with E-state index in [4.69, 9.17) is 4.99 Å². The zero-order valence-electron chi connectivity index (χ0n) is 21.2. The molecule has 6 aromatic carbocycles. The van der Waals surface area contributed by atoms with Crippen molar-refractivity contribution in [1.29, 1.82) is 0 Å². The van der Waals surface area contributed by atoms with Gasteiger partial charge in [-0.3, -0.25) is 4.99 Å². The summed E-state index contributed by atoms with van der Waals surface area (Å²) in [4.78, 5) is 4.83. The summed E-state index contributed by atoms with van der Waals surface area (Å²) in [6.45, 7) is 0. The minimum absolute atomic E-state index is 0.888. The largest absolute Gasteiger partial charge is 0.309 e. The van der Waals surface area contributed by atoms with Gasteiger partial charge in [-0.1, -0.05) is 78.9 Å². The molecule has 9 rings (SSSR count). The van der Waals surface area contributed by atoms with E-state index < -0.39 is 0 Å². The summed E-state index contributed by atoms with van der Waals surface area (Å²) >= 11 is 0. The van der Waals surface area contributed by atoms with Crippen LogP contribution in [0.3, 0.4) is 0 Å². The fraction of sp³-hybridized carbons (Fsp3) is 0.0278. The molecule has 8 aromatic rings. The summed E-state index contributed by atoms with van der Waals surface area (Å²) in [7, 11) is 0. The molecule has 0 saturated carbocycles. The second-order valence-electron chi connectivity index (χ2n) is 10.4. The third-order valence-corrected chi connectivity index (χ3v) is 8.33. The Kier molecular flexibility index (Phi) is 4.11. The first-order valence-corrected chi connectivity index (χ1v) is 13.5. The maximum absolute atomic E-state index is 4.83. The van der Waals surface area contributed by atoms with Crippen LogP contribution in [-0.2, 0) is 6.42 Å². The fourth-order valence-corrected chi connectivity index (χ4v) is 6.66. The Bertz CT molecular complexity index is 2300. The lowest BCUT2D eigenvalue weighted by atomic mass is 10.0.